The Kier molecular flexibility index (Phi) is 8.82. The largest absolute Gasteiger partial charge is 0.377 e. The summed E-state index contributed by atoms with van der Waals surface area (Å²) in [5.74, 6) is 0. The van der Waals surface area contributed by atoms with E-state index in [4.69, 9.17) is 18.9 Å². The summed E-state index contributed by atoms with van der Waals surface area (Å²) in [6, 6.07) is 8.21. The third kappa shape index (κ3) is 6.62. The zero-order valence-corrected chi connectivity index (χ0v) is 14.4. The van der Waals surface area contributed by atoms with Gasteiger partial charge in [0.25, 0.3) is 0 Å². The van der Waals surface area contributed by atoms with Crippen LogP contribution in [0.15, 0.2) is 28.7 Å². The topological polar surface area (TPSA) is 40.2 Å². The maximum Gasteiger partial charge on any atom is 0.0701 e. The Morgan fingerprint density at radius 2 is 1.14 bits per heavy atom. The van der Waals surface area contributed by atoms with Gasteiger partial charge >= 0.3 is 0 Å². The summed E-state index contributed by atoms with van der Waals surface area (Å²) in [5, 5.41) is 0. The molecule has 0 bridgehead atoms. The minimum absolute atomic E-state index is 0.604. The lowest BCUT2D eigenvalue weighted by Crippen LogP contribution is -2.31. The quantitative estimate of drug-likeness (QED) is 0.755. The van der Waals surface area contributed by atoms with E-state index >= 15 is 0 Å². The molecule has 0 aliphatic carbocycles. The van der Waals surface area contributed by atoms with E-state index < -0.39 is 0 Å². The number of halogens is 1. The lowest BCUT2D eigenvalue weighted by atomic mass is 10.3. The molecule has 1 saturated heterocycles. The van der Waals surface area contributed by atoms with E-state index in [1.54, 1.807) is 0 Å². The van der Waals surface area contributed by atoms with Gasteiger partial charge in [-0.3, -0.25) is 0 Å². The molecule has 0 atom stereocenters. The summed E-state index contributed by atoms with van der Waals surface area (Å²) >= 11 is 3.61. The highest BCUT2D eigenvalue weighted by Gasteiger charge is 2.10. The average molecular weight is 374 g/mol. The maximum absolute atomic E-state index is 5.64. The minimum Gasteiger partial charge on any atom is -0.377 e. The average Bonchev–Trinajstić information content (AvgIpc) is 2.54. The van der Waals surface area contributed by atoms with Crippen LogP contribution in [-0.4, -0.2) is 65.9 Å². The lowest BCUT2D eigenvalue weighted by Gasteiger charge is -2.25. The van der Waals surface area contributed by atoms with Crippen LogP contribution in [0.5, 0.6) is 0 Å². The molecule has 1 aromatic rings. The van der Waals surface area contributed by atoms with E-state index in [0.717, 1.165) is 23.2 Å². The molecule has 0 saturated carbocycles. The predicted octanol–water partition coefficient (Wildman–Crippen LogP) is 2.34. The Balaban J connectivity index is 1.89. The molecule has 5 nitrogen and oxygen atoms in total. The van der Waals surface area contributed by atoms with Crippen LogP contribution in [0, 0.1) is 0 Å². The van der Waals surface area contributed by atoms with Crippen LogP contribution in [0.2, 0.25) is 0 Å². The van der Waals surface area contributed by atoms with Crippen molar-refractivity contribution in [3.05, 3.63) is 28.7 Å². The highest BCUT2D eigenvalue weighted by molar-refractivity contribution is 9.10. The summed E-state index contributed by atoms with van der Waals surface area (Å²) in [7, 11) is 0. The second-order valence-corrected chi connectivity index (χ2v) is 5.74. The smallest absolute Gasteiger partial charge is 0.0701 e. The second-order valence-electron chi connectivity index (χ2n) is 4.89. The molecule has 22 heavy (non-hydrogen) atoms. The van der Waals surface area contributed by atoms with Crippen molar-refractivity contribution >= 4 is 21.6 Å². The van der Waals surface area contributed by atoms with E-state index in [1.807, 2.05) is 18.2 Å². The number of para-hydroxylation sites is 1. The van der Waals surface area contributed by atoms with Gasteiger partial charge in [0, 0.05) is 17.6 Å². The first-order valence-electron chi connectivity index (χ1n) is 7.68. The maximum atomic E-state index is 5.64. The van der Waals surface area contributed by atoms with Crippen LogP contribution < -0.4 is 4.90 Å². The van der Waals surface area contributed by atoms with Crippen LogP contribution in [0.3, 0.4) is 0 Å². The lowest BCUT2D eigenvalue weighted by molar-refractivity contribution is 0.00206. The first-order valence-corrected chi connectivity index (χ1v) is 8.47. The molecule has 1 aliphatic rings. The number of rotatable bonds is 1. The molecule has 6 heteroatoms. The Bertz CT molecular complexity index is 403. The molecule has 124 valence electrons. The van der Waals surface area contributed by atoms with Crippen molar-refractivity contribution in [2.45, 2.75) is 0 Å². The predicted molar refractivity (Wildman–Crippen MR) is 89.6 cm³/mol. The third-order valence-corrected chi connectivity index (χ3v) is 3.99. The molecule has 1 aliphatic heterocycles. The minimum atomic E-state index is 0.604. The van der Waals surface area contributed by atoms with Crippen LogP contribution in [0.4, 0.5) is 5.69 Å². The zero-order chi connectivity index (χ0) is 15.5. The second kappa shape index (κ2) is 11.0. The molecule has 0 aromatic heterocycles. The van der Waals surface area contributed by atoms with Crippen LogP contribution in [-0.2, 0) is 18.9 Å². The van der Waals surface area contributed by atoms with Crippen molar-refractivity contribution in [2.24, 2.45) is 0 Å². The van der Waals surface area contributed by atoms with Gasteiger partial charge in [-0.15, -0.1) is 0 Å². The summed E-state index contributed by atoms with van der Waals surface area (Å²) in [4.78, 5) is 2.27. The van der Waals surface area contributed by atoms with Gasteiger partial charge in [0.1, 0.15) is 0 Å². The highest BCUT2D eigenvalue weighted by atomic mass is 79.9. The SMILES string of the molecule is Brc1ccccc1N1CCOCCOCCOCCOCC1. The van der Waals surface area contributed by atoms with E-state index in [9.17, 15) is 0 Å². The fourth-order valence-corrected chi connectivity index (χ4v) is 2.71. The van der Waals surface area contributed by atoms with Gasteiger partial charge in [-0.05, 0) is 28.1 Å². The first-order chi connectivity index (χ1) is 10.9. The van der Waals surface area contributed by atoms with Gasteiger partial charge < -0.3 is 23.8 Å². The molecule has 1 heterocycles. The van der Waals surface area contributed by atoms with Gasteiger partial charge in [0.2, 0.25) is 0 Å². The van der Waals surface area contributed by atoms with Gasteiger partial charge in [0.15, 0.2) is 0 Å². The standard InChI is InChI=1S/C16H24BrNO4/c17-15-3-1-2-4-16(15)18-5-7-19-9-11-21-13-14-22-12-10-20-8-6-18/h1-4H,5-14H2. The summed E-state index contributed by atoms with van der Waals surface area (Å²) < 4.78 is 23.2. The van der Waals surface area contributed by atoms with Crippen LogP contribution in [0.1, 0.15) is 0 Å². The number of benzene rings is 1. The van der Waals surface area contributed by atoms with Gasteiger partial charge in [-0.1, -0.05) is 12.1 Å². The van der Waals surface area contributed by atoms with Crippen molar-refractivity contribution in [3.63, 3.8) is 0 Å². The molecule has 0 spiro atoms. The monoisotopic (exact) mass is 373 g/mol. The normalized spacial score (nSPS) is 20.1. The summed E-state index contributed by atoms with van der Waals surface area (Å²) in [5.41, 5.74) is 1.16. The summed E-state index contributed by atoms with van der Waals surface area (Å²) in [6.45, 7) is 6.62. The fraction of sp³-hybridized carbons (Fsp3) is 0.625. The van der Waals surface area contributed by atoms with E-state index in [2.05, 4.69) is 26.9 Å². The van der Waals surface area contributed by atoms with Crippen molar-refractivity contribution in [2.75, 3.05) is 70.8 Å². The van der Waals surface area contributed by atoms with Crippen molar-refractivity contribution in [1.82, 2.24) is 0 Å². The zero-order valence-electron chi connectivity index (χ0n) is 12.8. The van der Waals surface area contributed by atoms with Crippen LogP contribution in [0.25, 0.3) is 0 Å². The van der Waals surface area contributed by atoms with Crippen molar-refractivity contribution in [3.8, 4) is 0 Å². The molecule has 1 fully saturated rings. The molecule has 0 unspecified atom stereocenters. The van der Waals surface area contributed by atoms with Crippen molar-refractivity contribution < 1.29 is 18.9 Å². The molecule has 0 radical (unpaired) electrons. The summed E-state index contributed by atoms with van der Waals surface area (Å²) in [6.07, 6.45) is 0. The Morgan fingerprint density at radius 1 is 0.682 bits per heavy atom. The molecular weight excluding hydrogens is 350 g/mol. The molecule has 0 amide bonds. The Morgan fingerprint density at radius 3 is 1.64 bits per heavy atom. The molecule has 1 aromatic carbocycles. The first kappa shape index (κ1) is 17.7. The fourth-order valence-electron chi connectivity index (χ4n) is 2.17. The number of nitrogens with zero attached hydrogens (tertiary/aromatic N) is 1. The Hall–Kier alpha value is -0.660. The number of ether oxygens (including phenoxy) is 4. The van der Waals surface area contributed by atoms with Gasteiger partial charge in [0.05, 0.1) is 58.5 Å². The van der Waals surface area contributed by atoms with E-state index in [1.165, 1.54) is 0 Å². The third-order valence-electron chi connectivity index (χ3n) is 3.32. The highest BCUT2D eigenvalue weighted by Crippen LogP contribution is 2.25. The molecular formula is C16H24BrNO4. The van der Waals surface area contributed by atoms with E-state index in [-0.39, 0.29) is 0 Å². The van der Waals surface area contributed by atoms with Gasteiger partial charge in [-0.2, -0.15) is 0 Å². The molecule has 2 rings (SSSR count). The van der Waals surface area contributed by atoms with E-state index in [0.29, 0.717) is 52.9 Å². The van der Waals surface area contributed by atoms with Crippen molar-refractivity contribution in [1.29, 1.82) is 0 Å². The van der Waals surface area contributed by atoms with Gasteiger partial charge in [-0.25, -0.2) is 0 Å². The molecule has 0 N–H and O–H groups in total. The van der Waals surface area contributed by atoms with Crippen LogP contribution >= 0.6 is 15.9 Å². The number of hydrogen-bond donors (Lipinski definition) is 0. The number of hydrogen-bond acceptors (Lipinski definition) is 5. The number of anilines is 1. The Labute approximate surface area is 140 Å².